The summed E-state index contributed by atoms with van der Waals surface area (Å²) in [5.74, 6) is 1.95. The minimum atomic E-state index is -2.96. The third-order valence-electron chi connectivity index (χ3n) is 8.54. The lowest BCUT2D eigenvalue weighted by Gasteiger charge is -2.59. The van der Waals surface area contributed by atoms with Crippen molar-refractivity contribution in [3.8, 4) is 0 Å². The van der Waals surface area contributed by atoms with Gasteiger partial charge in [0.1, 0.15) is 27.6 Å². The Bertz CT molecular complexity index is 1500. The first kappa shape index (κ1) is 26.2. The lowest BCUT2D eigenvalue weighted by molar-refractivity contribution is 0.0612. The second-order valence-corrected chi connectivity index (χ2v) is 14.2. The Labute approximate surface area is 228 Å². The van der Waals surface area contributed by atoms with Crippen LogP contribution in [0, 0.1) is 5.41 Å². The summed E-state index contributed by atoms with van der Waals surface area (Å²) in [4.78, 5) is 17.7. The van der Waals surface area contributed by atoms with Crippen molar-refractivity contribution in [2.24, 2.45) is 5.41 Å². The predicted octanol–water partition coefficient (Wildman–Crippen LogP) is 3.81. The highest BCUT2D eigenvalue weighted by molar-refractivity contribution is 7.91. The highest BCUT2D eigenvalue weighted by Gasteiger charge is 2.55. The number of piperidine rings is 1. The number of rotatable bonds is 6. The number of aliphatic hydroxyl groups excluding tert-OH is 1. The molecule has 1 spiro atoms. The van der Waals surface area contributed by atoms with Crippen LogP contribution in [0.3, 0.4) is 0 Å². The number of sulfone groups is 1. The Morgan fingerprint density at radius 1 is 1.10 bits per heavy atom. The number of fused-ring (bicyclic) bond motifs is 1. The van der Waals surface area contributed by atoms with Crippen LogP contribution < -0.4 is 15.1 Å². The highest BCUT2D eigenvalue weighted by Crippen LogP contribution is 2.52. The predicted molar refractivity (Wildman–Crippen MR) is 151 cm³/mol. The molecule has 0 radical (unpaired) electrons. The number of hydrogen-bond donors (Lipinski definition) is 2. The van der Waals surface area contributed by atoms with Gasteiger partial charge in [-0.25, -0.2) is 22.8 Å². The van der Waals surface area contributed by atoms with Crippen LogP contribution in [0.15, 0.2) is 36.7 Å². The van der Waals surface area contributed by atoms with Crippen molar-refractivity contribution in [2.45, 2.75) is 56.6 Å². The number of anilines is 4. The first-order chi connectivity index (χ1) is 18.5. The van der Waals surface area contributed by atoms with Crippen LogP contribution in [-0.2, 0) is 9.84 Å². The van der Waals surface area contributed by atoms with E-state index in [1.54, 1.807) is 17.2 Å². The summed E-state index contributed by atoms with van der Waals surface area (Å²) in [5, 5.41) is 15.0. The molecule has 2 saturated heterocycles. The van der Waals surface area contributed by atoms with E-state index in [4.69, 9.17) is 4.98 Å². The Morgan fingerprint density at radius 2 is 1.87 bits per heavy atom. The lowest BCUT2D eigenvalue weighted by atomic mass is 9.63. The molecule has 0 amide bonds. The van der Waals surface area contributed by atoms with Crippen molar-refractivity contribution < 1.29 is 17.9 Å². The molecule has 2 aromatic heterocycles. The fraction of sp³-hybridized carbons (Fsp3) is 0.536. The number of hydrogen-bond acceptors (Lipinski definition) is 9. The lowest BCUT2D eigenvalue weighted by Crippen LogP contribution is -2.65. The van der Waals surface area contributed by atoms with Gasteiger partial charge in [0.2, 0.25) is 5.95 Å². The van der Waals surface area contributed by atoms with E-state index in [1.807, 2.05) is 12.3 Å². The molecule has 39 heavy (non-hydrogen) atoms. The number of aromatic nitrogens is 3. The van der Waals surface area contributed by atoms with E-state index >= 15 is 0 Å². The molecule has 1 aromatic carbocycles. The average Bonchev–Trinajstić information content (AvgIpc) is 2.83. The Morgan fingerprint density at radius 3 is 2.56 bits per heavy atom. The Hall–Kier alpha value is -3.05. The van der Waals surface area contributed by atoms with E-state index in [-0.39, 0.29) is 17.2 Å². The van der Waals surface area contributed by atoms with Gasteiger partial charge in [-0.2, -0.15) is 4.98 Å². The summed E-state index contributed by atoms with van der Waals surface area (Å²) in [6.45, 7) is 6.63. The first-order valence-corrected chi connectivity index (χ1v) is 15.5. The van der Waals surface area contributed by atoms with Gasteiger partial charge in [0, 0.05) is 54.8 Å². The molecule has 2 atom stereocenters. The smallest absolute Gasteiger partial charge is 0.227 e. The molecule has 6 rings (SSSR count). The van der Waals surface area contributed by atoms with Gasteiger partial charge in [-0.15, -0.1) is 0 Å². The minimum absolute atomic E-state index is 0.0616. The molecule has 2 aliphatic heterocycles. The van der Waals surface area contributed by atoms with Crippen LogP contribution in [0.1, 0.15) is 44.6 Å². The molecular formula is C28H35FN6O3S. The molecule has 208 valence electrons. The molecule has 2 N–H and O–H groups in total. The largest absolute Gasteiger partial charge is 0.390 e. The monoisotopic (exact) mass is 554 g/mol. The van der Waals surface area contributed by atoms with Crippen LogP contribution in [-0.4, -0.2) is 78.4 Å². The molecule has 3 aliphatic rings. The SMILES string of the molecule is CC(C)c1ccc(N2CC3(CC(S(C)(=O)=O)C3)C2)c2cnc(Nc3ccnc(N4CC[C@H](O)[C@H](F)C4)n3)cc12. The topological polar surface area (TPSA) is 112 Å². The fourth-order valence-electron chi connectivity index (χ4n) is 6.27. The summed E-state index contributed by atoms with van der Waals surface area (Å²) in [5.41, 5.74) is 2.46. The van der Waals surface area contributed by atoms with Crippen molar-refractivity contribution in [3.05, 3.63) is 42.2 Å². The zero-order valence-electron chi connectivity index (χ0n) is 22.5. The second kappa shape index (κ2) is 9.55. The molecule has 3 fully saturated rings. The van der Waals surface area contributed by atoms with Crippen molar-refractivity contribution >= 4 is 43.9 Å². The van der Waals surface area contributed by atoms with Crippen LogP contribution in [0.2, 0.25) is 0 Å². The number of pyridine rings is 1. The molecule has 1 aliphatic carbocycles. The standard InChI is InChI=1S/C28H35FN6O3S/c1-17(2)19-4-5-23(35-15-28(16-35)11-18(12-28)39(3,37)38)21-13-31-26(10-20(19)21)32-25-6-8-30-27(33-25)34-9-7-24(36)22(29)14-34/h4-6,8,10,13,17-18,22,24,36H,7,9,11-12,14-16H2,1-3H3,(H,30,31,32,33)/t22-,24+/m1/s1. The maximum absolute atomic E-state index is 14.1. The number of halogens is 1. The molecule has 9 nitrogen and oxygen atoms in total. The van der Waals surface area contributed by atoms with Crippen LogP contribution >= 0.6 is 0 Å². The van der Waals surface area contributed by atoms with Crippen molar-refractivity contribution in [1.82, 2.24) is 15.0 Å². The van der Waals surface area contributed by atoms with E-state index in [0.717, 1.165) is 42.4 Å². The highest BCUT2D eigenvalue weighted by atomic mass is 32.2. The Balaban J connectivity index is 1.23. The molecule has 3 aromatic rings. The van der Waals surface area contributed by atoms with Crippen LogP contribution in [0.5, 0.6) is 0 Å². The van der Waals surface area contributed by atoms with E-state index in [0.29, 0.717) is 36.5 Å². The number of aliphatic hydroxyl groups is 1. The van der Waals surface area contributed by atoms with Gasteiger partial charge >= 0.3 is 0 Å². The van der Waals surface area contributed by atoms with Gasteiger partial charge in [-0.1, -0.05) is 19.9 Å². The molecular weight excluding hydrogens is 519 g/mol. The molecule has 0 bridgehead atoms. The average molecular weight is 555 g/mol. The molecule has 0 unspecified atom stereocenters. The quantitative estimate of drug-likeness (QED) is 0.470. The van der Waals surface area contributed by atoms with Crippen LogP contribution in [0.25, 0.3) is 10.8 Å². The summed E-state index contributed by atoms with van der Waals surface area (Å²) in [7, 11) is -2.96. The van der Waals surface area contributed by atoms with Crippen LogP contribution in [0.4, 0.5) is 27.7 Å². The fourth-order valence-corrected chi connectivity index (χ4v) is 7.58. The summed E-state index contributed by atoms with van der Waals surface area (Å²) in [6.07, 6.45) is 4.45. The van der Waals surface area contributed by atoms with E-state index < -0.39 is 22.1 Å². The summed E-state index contributed by atoms with van der Waals surface area (Å²) in [6, 6.07) is 8.14. The third-order valence-corrected chi connectivity index (χ3v) is 10.1. The zero-order valence-corrected chi connectivity index (χ0v) is 23.3. The maximum Gasteiger partial charge on any atom is 0.227 e. The summed E-state index contributed by atoms with van der Waals surface area (Å²) < 4.78 is 37.8. The summed E-state index contributed by atoms with van der Waals surface area (Å²) >= 11 is 0. The number of nitrogens with one attached hydrogen (secondary N) is 1. The minimum Gasteiger partial charge on any atom is -0.390 e. The van der Waals surface area contributed by atoms with Crippen molar-refractivity contribution in [1.29, 1.82) is 0 Å². The molecule has 4 heterocycles. The zero-order chi connectivity index (χ0) is 27.5. The van der Waals surface area contributed by atoms with Crippen molar-refractivity contribution in [2.75, 3.05) is 47.6 Å². The van der Waals surface area contributed by atoms with E-state index in [9.17, 15) is 17.9 Å². The van der Waals surface area contributed by atoms with Crippen molar-refractivity contribution in [3.63, 3.8) is 0 Å². The van der Waals surface area contributed by atoms with Gasteiger partial charge in [0.15, 0.2) is 0 Å². The number of nitrogens with zero attached hydrogens (tertiary/aromatic N) is 5. The van der Waals surface area contributed by atoms with Gasteiger partial charge in [0.05, 0.1) is 17.9 Å². The van der Waals surface area contributed by atoms with Gasteiger partial charge in [0.25, 0.3) is 0 Å². The van der Waals surface area contributed by atoms with Gasteiger partial charge in [-0.05, 0) is 54.3 Å². The van der Waals surface area contributed by atoms with E-state index in [2.05, 4.69) is 46.2 Å². The third kappa shape index (κ3) is 4.91. The van der Waals surface area contributed by atoms with Gasteiger partial charge < -0.3 is 20.2 Å². The number of alkyl halides is 1. The first-order valence-electron chi connectivity index (χ1n) is 13.5. The second-order valence-electron chi connectivity index (χ2n) is 11.8. The molecule has 11 heteroatoms. The Kier molecular flexibility index (Phi) is 6.41. The number of benzene rings is 1. The normalized spacial score (nSPS) is 23.2. The molecule has 1 saturated carbocycles. The van der Waals surface area contributed by atoms with Gasteiger partial charge in [-0.3, -0.25) is 0 Å². The van der Waals surface area contributed by atoms with E-state index in [1.165, 1.54) is 11.8 Å². The maximum atomic E-state index is 14.1.